The number of imidazole rings is 1. The van der Waals surface area contributed by atoms with Crippen LogP contribution in [-0.2, 0) is 6.42 Å². The largest absolute Gasteiger partial charge is 0.391 e. The van der Waals surface area contributed by atoms with E-state index in [0.717, 1.165) is 23.9 Å². The molecule has 4 heterocycles. The first-order chi connectivity index (χ1) is 16.4. The summed E-state index contributed by atoms with van der Waals surface area (Å²) in [5.41, 5.74) is 2.78. The lowest BCUT2D eigenvalue weighted by Gasteiger charge is -2.24. The summed E-state index contributed by atoms with van der Waals surface area (Å²) in [6.45, 7) is 4.77. The number of anilines is 3. The average molecular weight is 478 g/mol. The van der Waals surface area contributed by atoms with E-state index < -0.39 is 0 Å². The molecular formula is C24H24FN7OS. The fourth-order valence-corrected chi connectivity index (χ4v) is 5.20. The Balaban J connectivity index is 1.59. The van der Waals surface area contributed by atoms with E-state index >= 15 is 0 Å². The Kier molecular flexibility index (Phi) is 5.67. The Bertz CT molecular complexity index is 1390. The SMILES string of the molecule is CCc1nc2ccc(N3CCC(O)C3C)nn2c1N(C)c1nc(-c2ccc(F)cc2)c(C#N)s1. The summed E-state index contributed by atoms with van der Waals surface area (Å²) in [4.78, 5) is 13.9. The summed E-state index contributed by atoms with van der Waals surface area (Å²) in [5.74, 6) is 1.21. The number of aliphatic hydroxyl groups excluding tert-OH is 1. The van der Waals surface area contributed by atoms with Crippen LogP contribution in [0.15, 0.2) is 36.4 Å². The van der Waals surface area contributed by atoms with E-state index in [-0.39, 0.29) is 18.0 Å². The molecular weight excluding hydrogens is 453 g/mol. The van der Waals surface area contributed by atoms with Crippen LogP contribution in [0.1, 0.15) is 30.8 Å². The Labute approximate surface area is 200 Å². The van der Waals surface area contributed by atoms with E-state index in [2.05, 4.69) is 11.0 Å². The van der Waals surface area contributed by atoms with Crippen LogP contribution in [0.3, 0.4) is 0 Å². The fourth-order valence-electron chi connectivity index (χ4n) is 4.35. The van der Waals surface area contributed by atoms with Crippen molar-refractivity contribution in [2.45, 2.75) is 38.8 Å². The number of fused-ring (bicyclic) bond motifs is 1. The number of aromatic nitrogens is 4. The van der Waals surface area contributed by atoms with Crippen molar-refractivity contribution in [3.05, 3.63) is 52.8 Å². The predicted molar refractivity (Wildman–Crippen MR) is 130 cm³/mol. The van der Waals surface area contributed by atoms with Crippen molar-refractivity contribution in [1.29, 1.82) is 5.26 Å². The molecule has 174 valence electrons. The van der Waals surface area contributed by atoms with E-state index in [1.54, 1.807) is 16.6 Å². The van der Waals surface area contributed by atoms with Gasteiger partial charge in [0, 0.05) is 19.2 Å². The molecule has 0 spiro atoms. The molecule has 1 aliphatic heterocycles. The summed E-state index contributed by atoms with van der Waals surface area (Å²) >= 11 is 1.27. The summed E-state index contributed by atoms with van der Waals surface area (Å²) < 4.78 is 15.2. The van der Waals surface area contributed by atoms with Crippen LogP contribution in [0.4, 0.5) is 21.2 Å². The van der Waals surface area contributed by atoms with Crippen LogP contribution in [0.25, 0.3) is 16.9 Å². The molecule has 1 fully saturated rings. The van der Waals surface area contributed by atoms with Gasteiger partial charge in [0.05, 0.1) is 17.8 Å². The molecule has 0 amide bonds. The monoisotopic (exact) mass is 477 g/mol. The van der Waals surface area contributed by atoms with Gasteiger partial charge in [0.1, 0.15) is 28.3 Å². The maximum atomic E-state index is 13.4. The molecule has 34 heavy (non-hydrogen) atoms. The average Bonchev–Trinajstić information content (AvgIpc) is 3.54. The Hall–Kier alpha value is -3.55. The molecule has 0 radical (unpaired) electrons. The highest BCUT2D eigenvalue weighted by molar-refractivity contribution is 7.16. The highest BCUT2D eigenvalue weighted by Crippen LogP contribution is 2.37. The lowest BCUT2D eigenvalue weighted by atomic mass is 10.1. The first kappa shape index (κ1) is 22.3. The van der Waals surface area contributed by atoms with Crippen LogP contribution in [0.2, 0.25) is 0 Å². The number of hydrogen-bond acceptors (Lipinski definition) is 8. The maximum Gasteiger partial charge on any atom is 0.192 e. The summed E-state index contributed by atoms with van der Waals surface area (Å²) in [7, 11) is 1.88. The summed E-state index contributed by atoms with van der Waals surface area (Å²) in [6.07, 6.45) is 1.02. The number of hydrogen-bond donors (Lipinski definition) is 1. The van der Waals surface area contributed by atoms with Gasteiger partial charge in [-0.1, -0.05) is 18.3 Å². The van der Waals surface area contributed by atoms with Gasteiger partial charge in [0.2, 0.25) is 0 Å². The van der Waals surface area contributed by atoms with Gasteiger partial charge in [-0.3, -0.25) is 0 Å². The number of aryl methyl sites for hydroxylation is 1. The first-order valence-electron chi connectivity index (χ1n) is 11.1. The van der Waals surface area contributed by atoms with Crippen molar-refractivity contribution < 1.29 is 9.50 Å². The van der Waals surface area contributed by atoms with Gasteiger partial charge in [0.25, 0.3) is 0 Å². The smallest absolute Gasteiger partial charge is 0.192 e. The molecule has 0 aliphatic carbocycles. The molecule has 1 saturated heterocycles. The van der Waals surface area contributed by atoms with E-state index in [1.807, 2.05) is 37.9 Å². The number of nitriles is 1. The molecule has 1 N–H and O–H groups in total. The minimum atomic E-state index is -0.377. The van der Waals surface area contributed by atoms with Crippen molar-refractivity contribution >= 4 is 33.8 Å². The minimum absolute atomic E-state index is 0.0179. The highest BCUT2D eigenvalue weighted by atomic mass is 32.1. The molecule has 10 heteroatoms. The molecule has 5 rings (SSSR count). The quantitative estimate of drug-likeness (QED) is 0.461. The zero-order chi connectivity index (χ0) is 24.0. The third-order valence-electron chi connectivity index (χ3n) is 6.29. The zero-order valence-electron chi connectivity index (χ0n) is 19.1. The van der Waals surface area contributed by atoms with Gasteiger partial charge in [-0.05, 0) is 56.2 Å². The van der Waals surface area contributed by atoms with Gasteiger partial charge in [0.15, 0.2) is 16.6 Å². The van der Waals surface area contributed by atoms with Gasteiger partial charge in [-0.2, -0.15) is 9.78 Å². The number of nitrogens with zero attached hydrogens (tertiary/aromatic N) is 7. The van der Waals surface area contributed by atoms with Crippen LogP contribution in [-0.4, -0.2) is 50.4 Å². The zero-order valence-corrected chi connectivity index (χ0v) is 19.9. The number of benzene rings is 1. The third-order valence-corrected chi connectivity index (χ3v) is 7.33. The van der Waals surface area contributed by atoms with E-state index in [4.69, 9.17) is 15.1 Å². The molecule has 2 unspecified atom stereocenters. The number of aliphatic hydroxyl groups is 1. The molecule has 3 aromatic heterocycles. The van der Waals surface area contributed by atoms with E-state index in [0.29, 0.717) is 39.8 Å². The van der Waals surface area contributed by atoms with Gasteiger partial charge in [-0.15, -0.1) is 5.10 Å². The third kappa shape index (κ3) is 3.67. The lowest BCUT2D eigenvalue weighted by molar-refractivity contribution is 0.170. The second-order valence-corrected chi connectivity index (χ2v) is 9.32. The number of rotatable bonds is 5. The second kappa shape index (κ2) is 8.66. The van der Waals surface area contributed by atoms with Crippen molar-refractivity contribution in [1.82, 2.24) is 19.6 Å². The molecule has 0 bridgehead atoms. The first-order valence-corrected chi connectivity index (χ1v) is 12.0. The van der Waals surface area contributed by atoms with Crippen molar-refractivity contribution in [3.8, 4) is 17.3 Å². The van der Waals surface area contributed by atoms with E-state index in [9.17, 15) is 14.8 Å². The van der Waals surface area contributed by atoms with Crippen molar-refractivity contribution in [2.75, 3.05) is 23.4 Å². The standard InChI is InChI=1S/C24H24FN7OS/c1-4-17-23(32-20(27-17)9-10-21(29-32)31-12-11-18(33)14(31)2)30(3)24-28-22(19(13-26)34-24)15-5-7-16(25)8-6-15/h5-10,14,18,33H,4,11-12H2,1-3H3. The molecule has 1 aliphatic rings. The second-order valence-electron chi connectivity index (χ2n) is 8.34. The molecule has 1 aromatic carbocycles. The Morgan fingerprint density at radius 3 is 2.65 bits per heavy atom. The predicted octanol–water partition coefficient (Wildman–Crippen LogP) is 4.15. The molecule has 8 nitrogen and oxygen atoms in total. The number of thiazole rings is 1. The van der Waals surface area contributed by atoms with Crippen molar-refractivity contribution in [3.63, 3.8) is 0 Å². The topological polar surface area (TPSA) is 93.6 Å². The molecule has 0 saturated carbocycles. The van der Waals surface area contributed by atoms with Crippen molar-refractivity contribution in [2.24, 2.45) is 0 Å². The van der Waals surface area contributed by atoms with E-state index in [1.165, 1.54) is 23.5 Å². The van der Waals surface area contributed by atoms with Gasteiger partial charge < -0.3 is 14.9 Å². The lowest BCUT2D eigenvalue weighted by Crippen LogP contribution is -2.33. The van der Waals surface area contributed by atoms with Crippen LogP contribution in [0.5, 0.6) is 0 Å². The summed E-state index contributed by atoms with van der Waals surface area (Å²) in [6, 6.07) is 12.0. The minimum Gasteiger partial charge on any atom is -0.391 e. The van der Waals surface area contributed by atoms with Gasteiger partial charge in [-0.25, -0.2) is 14.4 Å². The van der Waals surface area contributed by atoms with Crippen LogP contribution >= 0.6 is 11.3 Å². The summed E-state index contributed by atoms with van der Waals surface area (Å²) in [5, 5.41) is 25.4. The Morgan fingerprint density at radius 2 is 2.00 bits per heavy atom. The number of halogens is 1. The normalized spacial score (nSPS) is 17.9. The maximum absolute atomic E-state index is 13.4. The highest BCUT2D eigenvalue weighted by Gasteiger charge is 2.31. The fraction of sp³-hybridized carbons (Fsp3) is 0.333. The molecule has 2 atom stereocenters. The van der Waals surface area contributed by atoms with Crippen LogP contribution < -0.4 is 9.80 Å². The molecule has 4 aromatic rings. The van der Waals surface area contributed by atoms with Gasteiger partial charge >= 0.3 is 0 Å². The van der Waals surface area contributed by atoms with Crippen LogP contribution in [0, 0.1) is 17.1 Å². The Morgan fingerprint density at radius 1 is 1.24 bits per heavy atom.